The molecule has 0 unspecified atom stereocenters. The lowest BCUT2D eigenvalue weighted by Crippen LogP contribution is -2.17. The molecule has 0 aliphatic heterocycles. The van der Waals surface area contributed by atoms with Crippen molar-refractivity contribution in [3.05, 3.63) is 36.9 Å². The first kappa shape index (κ1) is 11.3. The molecule has 1 amide bonds. The molecule has 0 aromatic carbocycles. The maximum atomic E-state index is 11.5. The summed E-state index contributed by atoms with van der Waals surface area (Å²) in [5.41, 5.74) is 1.60. The number of amides is 1. The van der Waals surface area contributed by atoms with E-state index in [1.54, 1.807) is 29.5 Å². The molecule has 0 bridgehead atoms. The highest BCUT2D eigenvalue weighted by Crippen LogP contribution is 2.11. The highest BCUT2D eigenvalue weighted by Gasteiger charge is 2.08. The number of carbonyl (C=O) groups excluding carboxylic acids is 1. The van der Waals surface area contributed by atoms with Gasteiger partial charge in [0, 0.05) is 18.3 Å². The molecule has 2 aromatic rings. The molecule has 5 nitrogen and oxygen atoms in total. The first-order chi connectivity index (χ1) is 8.16. The molecule has 17 heavy (non-hydrogen) atoms. The summed E-state index contributed by atoms with van der Waals surface area (Å²) in [6, 6.07) is 3.70. The average molecular weight is 230 g/mol. The van der Waals surface area contributed by atoms with Gasteiger partial charge in [0.1, 0.15) is 0 Å². The lowest BCUT2D eigenvalue weighted by molar-refractivity contribution is -0.118. The van der Waals surface area contributed by atoms with Gasteiger partial charge in [-0.1, -0.05) is 13.8 Å². The maximum Gasteiger partial charge on any atom is 0.227 e. The van der Waals surface area contributed by atoms with Crippen LogP contribution in [0.3, 0.4) is 0 Å². The number of nitrogens with zero attached hydrogens (tertiary/aromatic N) is 3. The predicted octanol–water partition coefficient (Wildman–Crippen LogP) is 1.86. The van der Waals surface area contributed by atoms with Crippen molar-refractivity contribution in [2.24, 2.45) is 5.92 Å². The van der Waals surface area contributed by atoms with Crippen molar-refractivity contribution in [1.29, 1.82) is 0 Å². The van der Waals surface area contributed by atoms with E-state index in [0.717, 1.165) is 5.69 Å². The van der Waals surface area contributed by atoms with Crippen LogP contribution in [0.2, 0.25) is 0 Å². The third kappa shape index (κ3) is 2.69. The zero-order valence-corrected chi connectivity index (χ0v) is 9.79. The molecule has 0 spiro atoms. The second-order valence-electron chi connectivity index (χ2n) is 4.02. The number of aromatic nitrogens is 3. The number of nitrogens with one attached hydrogen (secondary N) is 1. The molecule has 0 saturated carbocycles. The number of pyridine rings is 1. The standard InChI is InChI=1S/C12H14N4O/c1-9(2)12(17)15-10-7-14-16(8-10)11-3-5-13-6-4-11/h3-9H,1-2H3,(H,15,17). The Labute approximate surface area is 99.5 Å². The summed E-state index contributed by atoms with van der Waals surface area (Å²) >= 11 is 0. The fraction of sp³-hybridized carbons (Fsp3) is 0.250. The summed E-state index contributed by atoms with van der Waals surface area (Å²) in [4.78, 5) is 15.4. The van der Waals surface area contributed by atoms with Crippen LogP contribution in [-0.2, 0) is 4.79 Å². The Kier molecular flexibility index (Phi) is 3.18. The van der Waals surface area contributed by atoms with E-state index in [2.05, 4.69) is 15.4 Å². The minimum atomic E-state index is -0.0423. The van der Waals surface area contributed by atoms with Crippen LogP contribution in [-0.4, -0.2) is 20.7 Å². The van der Waals surface area contributed by atoms with Crippen LogP contribution in [0, 0.1) is 5.92 Å². The molecule has 0 aliphatic carbocycles. The van der Waals surface area contributed by atoms with Gasteiger partial charge in [-0.2, -0.15) is 5.10 Å². The average Bonchev–Trinajstić information content (AvgIpc) is 2.78. The van der Waals surface area contributed by atoms with Gasteiger partial charge >= 0.3 is 0 Å². The first-order valence-electron chi connectivity index (χ1n) is 5.43. The summed E-state index contributed by atoms with van der Waals surface area (Å²) in [6.07, 6.45) is 6.79. The molecule has 5 heteroatoms. The van der Waals surface area contributed by atoms with Crippen LogP contribution in [0.4, 0.5) is 5.69 Å². The Balaban J connectivity index is 2.14. The Morgan fingerprint density at radius 2 is 2.06 bits per heavy atom. The molecule has 1 N–H and O–H groups in total. The van der Waals surface area contributed by atoms with E-state index in [0.29, 0.717) is 5.69 Å². The van der Waals surface area contributed by atoms with Gasteiger partial charge in [0.15, 0.2) is 0 Å². The quantitative estimate of drug-likeness (QED) is 0.875. The van der Waals surface area contributed by atoms with Crippen molar-refractivity contribution in [3.63, 3.8) is 0 Å². The number of anilines is 1. The van der Waals surface area contributed by atoms with Crippen LogP contribution in [0.5, 0.6) is 0 Å². The molecule has 2 heterocycles. The Morgan fingerprint density at radius 1 is 1.35 bits per heavy atom. The first-order valence-corrected chi connectivity index (χ1v) is 5.43. The van der Waals surface area contributed by atoms with Crippen LogP contribution in [0.1, 0.15) is 13.8 Å². The monoisotopic (exact) mass is 230 g/mol. The topological polar surface area (TPSA) is 59.8 Å². The van der Waals surface area contributed by atoms with Gasteiger partial charge in [-0.15, -0.1) is 0 Å². The van der Waals surface area contributed by atoms with E-state index in [9.17, 15) is 4.79 Å². The van der Waals surface area contributed by atoms with Crippen molar-refractivity contribution in [2.75, 3.05) is 5.32 Å². The molecule has 0 saturated heterocycles. The number of carbonyl (C=O) groups is 1. The van der Waals surface area contributed by atoms with Crippen molar-refractivity contribution >= 4 is 11.6 Å². The second-order valence-corrected chi connectivity index (χ2v) is 4.02. The molecule has 0 radical (unpaired) electrons. The minimum Gasteiger partial charge on any atom is -0.323 e. The van der Waals surface area contributed by atoms with Crippen molar-refractivity contribution in [2.45, 2.75) is 13.8 Å². The molecule has 2 rings (SSSR count). The van der Waals surface area contributed by atoms with Crippen molar-refractivity contribution in [3.8, 4) is 5.69 Å². The van der Waals surface area contributed by atoms with E-state index in [1.807, 2.05) is 26.0 Å². The van der Waals surface area contributed by atoms with Gasteiger partial charge < -0.3 is 5.32 Å². The van der Waals surface area contributed by atoms with Gasteiger partial charge in [0.2, 0.25) is 5.91 Å². The third-order valence-electron chi connectivity index (χ3n) is 2.30. The number of rotatable bonds is 3. The minimum absolute atomic E-state index is 0.0146. The van der Waals surface area contributed by atoms with Crippen molar-refractivity contribution in [1.82, 2.24) is 14.8 Å². The van der Waals surface area contributed by atoms with E-state index in [4.69, 9.17) is 0 Å². The highest BCUT2D eigenvalue weighted by molar-refractivity contribution is 5.91. The normalized spacial score (nSPS) is 10.5. The van der Waals surface area contributed by atoms with Crippen LogP contribution in [0.15, 0.2) is 36.9 Å². The molecule has 0 atom stereocenters. The van der Waals surface area contributed by atoms with Gasteiger partial charge in [0.05, 0.1) is 23.8 Å². The van der Waals surface area contributed by atoms with Gasteiger partial charge in [-0.05, 0) is 12.1 Å². The summed E-state index contributed by atoms with van der Waals surface area (Å²) in [5.74, 6) is -0.0569. The third-order valence-corrected chi connectivity index (χ3v) is 2.30. The van der Waals surface area contributed by atoms with Crippen LogP contribution >= 0.6 is 0 Å². The second kappa shape index (κ2) is 4.78. The smallest absolute Gasteiger partial charge is 0.227 e. The summed E-state index contributed by atoms with van der Waals surface area (Å²) in [6.45, 7) is 3.70. The Morgan fingerprint density at radius 3 is 2.71 bits per heavy atom. The van der Waals surface area contributed by atoms with E-state index < -0.39 is 0 Å². The fourth-order valence-electron chi connectivity index (χ4n) is 1.31. The lowest BCUT2D eigenvalue weighted by atomic mass is 10.2. The molecular formula is C12H14N4O. The van der Waals surface area contributed by atoms with E-state index in [-0.39, 0.29) is 11.8 Å². The lowest BCUT2D eigenvalue weighted by Gasteiger charge is -2.04. The fourth-order valence-corrected chi connectivity index (χ4v) is 1.31. The zero-order valence-electron chi connectivity index (χ0n) is 9.79. The molecule has 0 fully saturated rings. The van der Waals surface area contributed by atoms with Crippen molar-refractivity contribution < 1.29 is 4.79 Å². The molecule has 88 valence electrons. The Bertz CT molecular complexity index is 504. The SMILES string of the molecule is CC(C)C(=O)Nc1cnn(-c2ccncc2)c1. The maximum absolute atomic E-state index is 11.5. The van der Waals surface area contributed by atoms with Gasteiger partial charge in [-0.3, -0.25) is 9.78 Å². The van der Waals surface area contributed by atoms with Crippen LogP contribution < -0.4 is 5.32 Å². The molecule has 0 aliphatic rings. The molecule has 2 aromatic heterocycles. The predicted molar refractivity (Wildman–Crippen MR) is 64.8 cm³/mol. The largest absolute Gasteiger partial charge is 0.323 e. The summed E-state index contributed by atoms with van der Waals surface area (Å²) in [7, 11) is 0. The summed E-state index contributed by atoms with van der Waals surface area (Å²) < 4.78 is 1.69. The summed E-state index contributed by atoms with van der Waals surface area (Å²) in [5, 5.41) is 6.97. The van der Waals surface area contributed by atoms with Gasteiger partial charge in [0.25, 0.3) is 0 Å². The number of hydrogen-bond acceptors (Lipinski definition) is 3. The Hall–Kier alpha value is -2.17. The van der Waals surface area contributed by atoms with E-state index in [1.165, 1.54) is 0 Å². The number of hydrogen-bond donors (Lipinski definition) is 1. The van der Waals surface area contributed by atoms with Crippen LogP contribution in [0.25, 0.3) is 5.69 Å². The highest BCUT2D eigenvalue weighted by atomic mass is 16.1. The molecular weight excluding hydrogens is 216 g/mol. The zero-order chi connectivity index (χ0) is 12.3. The van der Waals surface area contributed by atoms with E-state index >= 15 is 0 Å². The van der Waals surface area contributed by atoms with Gasteiger partial charge in [-0.25, -0.2) is 4.68 Å².